The molecule has 0 aliphatic heterocycles. The second kappa shape index (κ2) is 7.27. The van der Waals surface area contributed by atoms with Gasteiger partial charge in [-0.2, -0.15) is 0 Å². The average molecular weight is 248 g/mol. The van der Waals surface area contributed by atoms with Crippen LogP contribution in [-0.2, 0) is 14.3 Å². The van der Waals surface area contributed by atoms with Crippen molar-refractivity contribution < 1.29 is 19.1 Å². The lowest BCUT2D eigenvalue weighted by Crippen LogP contribution is -2.09. The van der Waals surface area contributed by atoms with Gasteiger partial charge in [-0.15, -0.1) is 0 Å². The maximum atomic E-state index is 11.5. The molecule has 0 atom stereocenters. The van der Waals surface area contributed by atoms with Crippen LogP contribution in [0.3, 0.4) is 0 Å². The molecular weight excluding hydrogens is 232 g/mol. The standard InChI is InChI=1S/C14H16O4/c1-3-18-14(16)10-12(15)9-8-11-6-4-5-7-13(11)17-2/h4-9H,3,10H2,1-2H3. The number of carbonyl (C=O) groups is 2. The van der Waals surface area contributed by atoms with Crippen molar-refractivity contribution in [1.82, 2.24) is 0 Å². The van der Waals surface area contributed by atoms with Gasteiger partial charge in [0.2, 0.25) is 0 Å². The summed E-state index contributed by atoms with van der Waals surface area (Å²) in [5.74, 6) is -0.121. The van der Waals surface area contributed by atoms with Gasteiger partial charge in [0.1, 0.15) is 12.2 Å². The Balaban J connectivity index is 2.63. The van der Waals surface area contributed by atoms with Gasteiger partial charge in [0, 0.05) is 5.56 Å². The number of carbonyl (C=O) groups excluding carboxylic acids is 2. The molecule has 0 amide bonds. The van der Waals surface area contributed by atoms with E-state index in [1.807, 2.05) is 18.2 Å². The quantitative estimate of drug-likeness (QED) is 0.440. The molecular formula is C14H16O4. The first-order valence-corrected chi connectivity index (χ1v) is 5.67. The van der Waals surface area contributed by atoms with Gasteiger partial charge >= 0.3 is 5.97 Å². The number of para-hydroxylation sites is 1. The van der Waals surface area contributed by atoms with Crippen LogP contribution < -0.4 is 4.74 Å². The van der Waals surface area contributed by atoms with Gasteiger partial charge in [-0.3, -0.25) is 9.59 Å². The number of rotatable bonds is 6. The monoisotopic (exact) mass is 248 g/mol. The molecule has 0 aliphatic carbocycles. The first kappa shape index (κ1) is 14.0. The van der Waals surface area contributed by atoms with E-state index in [1.54, 1.807) is 26.2 Å². The molecule has 0 spiro atoms. The van der Waals surface area contributed by atoms with Crippen molar-refractivity contribution in [3.05, 3.63) is 35.9 Å². The van der Waals surface area contributed by atoms with E-state index in [9.17, 15) is 9.59 Å². The highest BCUT2D eigenvalue weighted by molar-refractivity contribution is 6.04. The molecule has 0 radical (unpaired) electrons. The summed E-state index contributed by atoms with van der Waals surface area (Å²) in [5.41, 5.74) is 0.789. The zero-order valence-electron chi connectivity index (χ0n) is 10.5. The molecule has 4 nitrogen and oxygen atoms in total. The zero-order chi connectivity index (χ0) is 13.4. The predicted octanol–water partition coefficient (Wildman–Crippen LogP) is 2.23. The summed E-state index contributed by atoms with van der Waals surface area (Å²) in [6, 6.07) is 7.32. The van der Waals surface area contributed by atoms with E-state index in [0.717, 1.165) is 5.56 Å². The number of esters is 1. The van der Waals surface area contributed by atoms with Crippen LogP contribution in [0.1, 0.15) is 18.9 Å². The smallest absolute Gasteiger partial charge is 0.313 e. The van der Waals surface area contributed by atoms with E-state index in [2.05, 4.69) is 0 Å². The number of hydrogen-bond acceptors (Lipinski definition) is 4. The third-order valence-electron chi connectivity index (χ3n) is 2.21. The zero-order valence-corrected chi connectivity index (χ0v) is 10.5. The van der Waals surface area contributed by atoms with Gasteiger partial charge in [-0.1, -0.05) is 18.2 Å². The van der Waals surface area contributed by atoms with Crippen LogP contribution in [0, 0.1) is 0 Å². The Morgan fingerprint density at radius 1 is 1.28 bits per heavy atom. The molecule has 18 heavy (non-hydrogen) atoms. The molecule has 0 saturated heterocycles. The molecule has 0 bridgehead atoms. The highest BCUT2D eigenvalue weighted by Gasteiger charge is 2.07. The molecule has 0 fully saturated rings. The summed E-state index contributed by atoms with van der Waals surface area (Å²) in [6.07, 6.45) is 2.74. The first-order valence-electron chi connectivity index (χ1n) is 5.67. The van der Waals surface area contributed by atoms with E-state index in [1.165, 1.54) is 6.08 Å². The molecule has 1 aromatic carbocycles. The Labute approximate surface area is 106 Å². The number of ether oxygens (including phenoxy) is 2. The molecule has 0 unspecified atom stereocenters. The van der Waals surface area contributed by atoms with E-state index in [-0.39, 0.29) is 18.8 Å². The third kappa shape index (κ3) is 4.41. The van der Waals surface area contributed by atoms with Gasteiger partial charge < -0.3 is 9.47 Å². The van der Waals surface area contributed by atoms with Gasteiger partial charge in [0.15, 0.2) is 5.78 Å². The summed E-state index contributed by atoms with van der Waals surface area (Å²) in [6.45, 7) is 1.98. The number of methoxy groups -OCH3 is 1. The largest absolute Gasteiger partial charge is 0.496 e. The second-order valence-corrected chi connectivity index (χ2v) is 3.52. The summed E-state index contributed by atoms with van der Waals surface area (Å²) >= 11 is 0. The van der Waals surface area contributed by atoms with Crippen LogP contribution in [0.5, 0.6) is 5.75 Å². The molecule has 0 N–H and O–H groups in total. The fraction of sp³-hybridized carbons (Fsp3) is 0.286. The molecule has 4 heteroatoms. The molecule has 0 aromatic heterocycles. The summed E-state index contributed by atoms with van der Waals surface area (Å²) < 4.78 is 9.83. The highest BCUT2D eigenvalue weighted by Crippen LogP contribution is 2.18. The topological polar surface area (TPSA) is 52.6 Å². The highest BCUT2D eigenvalue weighted by atomic mass is 16.5. The Hall–Kier alpha value is -2.10. The maximum absolute atomic E-state index is 11.5. The lowest BCUT2D eigenvalue weighted by molar-refractivity contribution is -0.144. The fourth-order valence-electron chi connectivity index (χ4n) is 1.40. The van der Waals surface area contributed by atoms with Crippen molar-refractivity contribution in [2.75, 3.05) is 13.7 Å². The minimum absolute atomic E-state index is 0.237. The Bertz CT molecular complexity index is 449. The van der Waals surface area contributed by atoms with Crippen molar-refractivity contribution in [3.8, 4) is 5.75 Å². The fourth-order valence-corrected chi connectivity index (χ4v) is 1.40. The molecule has 1 rings (SSSR count). The van der Waals surface area contributed by atoms with E-state index < -0.39 is 5.97 Å². The summed E-state index contributed by atoms with van der Waals surface area (Å²) in [7, 11) is 1.56. The maximum Gasteiger partial charge on any atom is 0.313 e. The summed E-state index contributed by atoms with van der Waals surface area (Å²) in [5, 5.41) is 0. The lowest BCUT2D eigenvalue weighted by atomic mass is 10.1. The van der Waals surface area contributed by atoms with E-state index >= 15 is 0 Å². The Morgan fingerprint density at radius 3 is 2.67 bits per heavy atom. The third-order valence-corrected chi connectivity index (χ3v) is 2.21. The van der Waals surface area contributed by atoms with Crippen LogP contribution in [-0.4, -0.2) is 25.5 Å². The average Bonchev–Trinajstić information content (AvgIpc) is 2.37. The minimum Gasteiger partial charge on any atom is -0.496 e. The van der Waals surface area contributed by atoms with Crippen LogP contribution >= 0.6 is 0 Å². The van der Waals surface area contributed by atoms with Crippen molar-refractivity contribution in [1.29, 1.82) is 0 Å². The molecule has 0 aliphatic rings. The molecule has 0 heterocycles. The van der Waals surface area contributed by atoms with Gasteiger partial charge in [0.25, 0.3) is 0 Å². The SMILES string of the molecule is CCOC(=O)CC(=O)C=Cc1ccccc1OC. The Kier molecular flexibility index (Phi) is 5.64. The number of benzene rings is 1. The van der Waals surface area contributed by atoms with Crippen LogP contribution in [0.4, 0.5) is 0 Å². The van der Waals surface area contributed by atoms with Gasteiger partial charge in [-0.25, -0.2) is 0 Å². The van der Waals surface area contributed by atoms with Crippen LogP contribution in [0.15, 0.2) is 30.3 Å². The van der Waals surface area contributed by atoms with Crippen LogP contribution in [0.25, 0.3) is 6.08 Å². The number of allylic oxidation sites excluding steroid dienone is 1. The van der Waals surface area contributed by atoms with E-state index in [0.29, 0.717) is 5.75 Å². The van der Waals surface area contributed by atoms with Crippen molar-refractivity contribution in [2.24, 2.45) is 0 Å². The molecule has 1 aromatic rings. The molecule has 96 valence electrons. The normalized spacial score (nSPS) is 10.3. The lowest BCUT2D eigenvalue weighted by Gasteiger charge is -2.03. The summed E-state index contributed by atoms with van der Waals surface area (Å²) in [4.78, 5) is 22.6. The number of hydrogen-bond donors (Lipinski definition) is 0. The van der Waals surface area contributed by atoms with Crippen LogP contribution in [0.2, 0.25) is 0 Å². The Morgan fingerprint density at radius 2 is 2.00 bits per heavy atom. The second-order valence-electron chi connectivity index (χ2n) is 3.52. The van der Waals surface area contributed by atoms with Crippen molar-refractivity contribution in [3.63, 3.8) is 0 Å². The minimum atomic E-state index is -0.507. The predicted molar refractivity (Wildman–Crippen MR) is 68.3 cm³/mol. The van der Waals surface area contributed by atoms with Crippen molar-refractivity contribution in [2.45, 2.75) is 13.3 Å². The number of ketones is 1. The van der Waals surface area contributed by atoms with Crippen molar-refractivity contribution >= 4 is 17.8 Å². The first-order chi connectivity index (χ1) is 8.67. The molecule has 0 saturated carbocycles. The van der Waals surface area contributed by atoms with Gasteiger partial charge in [0.05, 0.1) is 13.7 Å². The van der Waals surface area contributed by atoms with E-state index in [4.69, 9.17) is 9.47 Å². The van der Waals surface area contributed by atoms with Gasteiger partial charge in [-0.05, 0) is 25.1 Å².